The van der Waals surface area contributed by atoms with Gasteiger partial charge in [-0.2, -0.15) is 18.6 Å². The fraction of sp³-hybridized carbons (Fsp3) is 0.0455. The van der Waals surface area contributed by atoms with E-state index in [-0.39, 0.29) is 22.7 Å². The number of fused-ring (bicyclic) bond motifs is 1. The largest absolute Gasteiger partial charge is 0.435 e. The summed E-state index contributed by atoms with van der Waals surface area (Å²) in [6.07, 6.45) is 0. The Bertz CT molecular complexity index is 1270. The lowest BCUT2D eigenvalue weighted by molar-refractivity contribution is -0.0497. The summed E-state index contributed by atoms with van der Waals surface area (Å²) in [6, 6.07) is 21.0. The van der Waals surface area contributed by atoms with Crippen LogP contribution < -0.4 is 15.6 Å². The molecule has 0 unspecified atom stereocenters. The van der Waals surface area contributed by atoms with Crippen LogP contribution >= 0.6 is 0 Å². The Morgan fingerprint density at radius 2 is 1.63 bits per heavy atom. The third-order valence-electron chi connectivity index (χ3n) is 4.34. The molecule has 4 rings (SSSR count). The normalized spacial score (nSPS) is 10.9. The van der Waals surface area contributed by atoms with Crippen LogP contribution in [0.3, 0.4) is 0 Å². The maximum Gasteiger partial charge on any atom is 0.387 e. The predicted molar refractivity (Wildman–Crippen MR) is 108 cm³/mol. The van der Waals surface area contributed by atoms with Gasteiger partial charge in [-0.25, -0.2) is 0 Å². The van der Waals surface area contributed by atoms with Crippen LogP contribution in [0.1, 0.15) is 10.5 Å². The lowest BCUT2D eigenvalue weighted by atomic mass is 10.1. The van der Waals surface area contributed by atoms with E-state index in [1.807, 2.05) is 0 Å². The van der Waals surface area contributed by atoms with E-state index in [0.717, 1.165) is 4.68 Å². The van der Waals surface area contributed by atoms with Gasteiger partial charge in [0.1, 0.15) is 5.75 Å². The molecule has 0 saturated carbocycles. The molecule has 0 radical (unpaired) electrons. The van der Waals surface area contributed by atoms with Crippen molar-refractivity contribution in [2.24, 2.45) is 0 Å². The van der Waals surface area contributed by atoms with Crippen LogP contribution in [0.15, 0.2) is 83.7 Å². The van der Waals surface area contributed by atoms with Gasteiger partial charge < -0.3 is 10.1 Å². The van der Waals surface area contributed by atoms with Crippen LogP contribution in [0.5, 0.6) is 5.75 Å². The number of alkyl halides is 2. The van der Waals surface area contributed by atoms with Crippen molar-refractivity contribution < 1.29 is 18.3 Å². The summed E-state index contributed by atoms with van der Waals surface area (Å²) >= 11 is 0. The van der Waals surface area contributed by atoms with E-state index in [2.05, 4.69) is 15.2 Å². The highest BCUT2D eigenvalue weighted by molar-refractivity contribution is 6.11. The zero-order chi connectivity index (χ0) is 21.1. The summed E-state index contributed by atoms with van der Waals surface area (Å²) in [6.45, 7) is -2.98. The van der Waals surface area contributed by atoms with E-state index in [1.54, 1.807) is 54.6 Å². The molecule has 1 heterocycles. The molecule has 0 saturated heterocycles. The Balaban J connectivity index is 1.78. The van der Waals surface area contributed by atoms with Gasteiger partial charge in [0.15, 0.2) is 5.69 Å². The highest BCUT2D eigenvalue weighted by Gasteiger charge is 2.18. The molecular weight excluding hydrogens is 392 g/mol. The van der Waals surface area contributed by atoms with Crippen LogP contribution in [0.2, 0.25) is 0 Å². The minimum absolute atomic E-state index is 0.0224. The number of hydrogen-bond donors (Lipinski definition) is 1. The molecule has 0 bridgehead atoms. The number of aromatic nitrogens is 2. The van der Waals surface area contributed by atoms with Crippen molar-refractivity contribution in [1.29, 1.82) is 0 Å². The van der Waals surface area contributed by atoms with E-state index >= 15 is 0 Å². The Kier molecular flexibility index (Phi) is 5.21. The van der Waals surface area contributed by atoms with Gasteiger partial charge in [0.2, 0.25) is 0 Å². The van der Waals surface area contributed by atoms with E-state index in [9.17, 15) is 18.4 Å². The van der Waals surface area contributed by atoms with Crippen LogP contribution in [0.4, 0.5) is 14.5 Å². The second kappa shape index (κ2) is 8.12. The molecule has 1 amide bonds. The summed E-state index contributed by atoms with van der Waals surface area (Å²) in [5.41, 5.74) is 0.422. The lowest BCUT2D eigenvalue weighted by Crippen LogP contribution is -2.26. The van der Waals surface area contributed by atoms with Crippen molar-refractivity contribution in [3.63, 3.8) is 0 Å². The number of anilines is 1. The SMILES string of the molecule is O=C(Nc1cccc(OC(F)F)c1)c1nn(-c2ccccc2)c(=O)c2ccccc12. The van der Waals surface area contributed by atoms with Gasteiger partial charge >= 0.3 is 6.61 Å². The Morgan fingerprint density at radius 1 is 0.933 bits per heavy atom. The molecule has 150 valence electrons. The number of nitrogens with zero attached hydrogens (tertiary/aromatic N) is 2. The van der Waals surface area contributed by atoms with Gasteiger partial charge in [0.25, 0.3) is 11.5 Å². The van der Waals surface area contributed by atoms with E-state index in [4.69, 9.17) is 0 Å². The Labute approximate surface area is 169 Å². The van der Waals surface area contributed by atoms with Crippen molar-refractivity contribution in [3.05, 3.63) is 94.9 Å². The molecule has 1 N–H and O–H groups in total. The van der Waals surface area contributed by atoms with Crippen molar-refractivity contribution in [2.75, 3.05) is 5.32 Å². The smallest absolute Gasteiger partial charge is 0.387 e. The summed E-state index contributed by atoms with van der Waals surface area (Å²) < 4.78 is 30.4. The lowest BCUT2D eigenvalue weighted by Gasteiger charge is -2.12. The number of rotatable bonds is 5. The van der Waals surface area contributed by atoms with Crippen LogP contribution in [0, 0.1) is 0 Å². The first-order valence-electron chi connectivity index (χ1n) is 8.96. The summed E-state index contributed by atoms with van der Waals surface area (Å²) in [4.78, 5) is 25.9. The topological polar surface area (TPSA) is 73.2 Å². The molecule has 1 aromatic heterocycles. The maximum atomic E-state index is 13.0. The number of hydrogen-bond acceptors (Lipinski definition) is 4. The molecule has 4 aromatic rings. The van der Waals surface area contributed by atoms with E-state index < -0.39 is 12.5 Å². The Hall–Kier alpha value is -4.07. The summed E-state index contributed by atoms with van der Waals surface area (Å²) in [5, 5.41) is 7.61. The van der Waals surface area contributed by atoms with E-state index in [1.165, 1.54) is 24.3 Å². The molecule has 0 aliphatic carbocycles. The number of nitrogens with one attached hydrogen (secondary N) is 1. The van der Waals surface area contributed by atoms with Gasteiger partial charge in [0, 0.05) is 17.1 Å². The Morgan fingerprint density at radius 3 is 2.37 bits per heavy atom. The first kappa shape index (κ1) is 19.3. The molecule has 8 heteroatoms. The molecular formula is C22H15F2N3O3. The van der Waals surface area contributed by atoms with E-state index in [0.29, 0.717) is 16.5 Å². The number of halogens is 2. The van der Waals surface area contributed by atoms with Crippen molar-refractivity contribution in [1.82, 2.24) is 9.78 Å². The third-order valence-corrected chi connectivity index (χ3v) is 4.34. The fourth-order valence-electron chi connectivity index (χ4n) is 3.04. The summed E-state index contributed by atoms with van der Waals surface area (Å²) in [7, 11) is 0. The van der Waals surface area contributed by atoms with Crippen molar-refractivity contribution >= 4 is 22.4 Å². The highest BCUT2D eigenvalue weighted by Crippen LogP contribution is 2.21. The average molecular weight is 407 g/mol. The number of ether oxygens (including phenoxy) is 1. The van der Waals surface area contributed by atoms with Gasteiger partial charge in [-0.15, -0.1) is 0 Å². The fourth-order valence-corrected chi connectivity index (χ4v) is 3.04. The molecule has 0 fully saturated rings. The van der Waals surface area contributed by atoms with Gasteiger partial charge in [0.05, 0.1) is 11.1 Å². The van der Waals surface area contributed by atoms with Crippen molar-refractivity contribution in [2.45, 2.75) is 6.61 Å². The minimum Gasteiger partial charge on any atom is -0.435 e. The first-order chi connectivity index (χ1) is 14.5. The van der Waals surface area contributed by atoms with Crippen LogP contribution in [-0.4, -0.2) is 22.3 Å². The molecule has 0 atom stereocenters. The average Bonchev–Trinajstić information content (AvgIpc) is 2.74. The summed E-state index contributed by atoms with van der Waals surface area (Å²) in [5.74, 6) is -0.681. The van der Waals surface area contributed by atoms with Gasteiger partial charge in [-0.1, -0.05) is 42.5 Å². The molecule has 6 nitrogen and oxygen atoms in total. The molecule has 0 aliphatic heterocycles. The highest BCUT2D eigenvalue weighted by atomic mass is 19.3. The second-order valence-electron chi connectivity index (χ2n) is 6.31. The number of amides is 1. The van der Waals surface area contributed by atoms with Gasteiger partial charge in [-0.3, -0.25) is 9.59 Å². The molecule has 0 spiro atoms. The second-order valence-corrected chi connectivity index (χ2v) is 6.31. The standard InChI is InChI=1S/C22H15F2N3O3/c23-22(24)30-16-10-6-7-14(13-16)25-20(28)19-17-11-4-5-12-18(17)21(29)27(26-19)15-8-2-1-3-9-15/h1-13,22H,(H,25,28). The quantitative estimate of drug-likeness (QED) is 0.537. The zero-order valence-corrected chi connectivity index (χ0v) is 15.5. The number of carbonyl (C=O) groups is 1. The van der Waals surface area contributed by atoms with Crippen molar-refractivity contribution in [3.8, 4) is 11.4 Å². The van der Waals surface area contributed by atoms with Gasteiger partial charge in [-0.05, 0) is 30.3 Å². The van der Waals surface area contributed by atoms with Crippen LogP contribution in [-0.2, 0) is 0 Å². The maximum absolute atomic E-state index is 13.0. The molecule has 3 aromatic carbocycles. The molecule has 0 aliphatic rings. The third kappa shape index (κ3) is 3.88. The number of benzene rings is 3. The number of para-hydroxylation sites is 1. The molecule has 30 heavy (non-hydrogen) atoms. The predicted octanol–water partition coefficient (Wildman–Crippen LogP) is 4.24. The van der Waals surface area contributed by atoms with Crippen LogP contribution in [0.25, 0.3) is 16.5 Å². The first-order valence-corrected chi connectivity index (χ1v) is 8.96. The zero-order valence-electron chi connectivity index (χ0n) is 15.5. The monoisotopic (exact) mass is 407 g/mol. The minimum atomic E-state index is -2.98. The number of carbonyl (C=O) groups excluding carboxylic acids is 1.